The summed E-state index contributed by atoms with van der Waals surface area (Å²) in [7, 11) is -3.86. The van der Waals surface area contributed by atoms with Gasteiger partial charge in [0.15, 0.2) is 0 Å². The molecule has 7 nitrogen and oxygen atoms in total. The molecule has 0 saturated carbocycles. The normalized spacial score (nSPS) is 11.3. The molecule has 26 heavy (non-hydrogen) atoms. The van der Waals surface area contributed by atoms with Gasteiger partial charge in [-0.25, -0.2) is 18.2 Å². The average Bonchev–Trinajstić information content (AvgIpc) is 3.12. The Morgan fingerprint density at radius 1 is 1.15 bits per heavy atom. The molecule has 0 unspecified atom stereocenters. The van der Waals surface area contributed by atoms with Gasteiger partial charge in [-0.05, 0) is 67.4 Å². The van der Waals surface area contributed by atoms with Crippen LogP contribution >= 0.6 is 0 Å². The zero-order valence-electron chi connectivity index (χ0n) is 14.3. The first-order valence-electron chi connectivity index (χ1n) is 7.81. The molecule has 0 aliphatic rings. The van der Waals surface area contributed by atoms with E-state index >= 15 is 0 Å². The van der Waals surface area contributed by atoms with Crippen LogP contribution in [0.4, 0.5) is 5.69 Å². The number of carbonyl (C=O) groups is 1. The van der Waals surface area contributed by atoms with Gasteiger partial charge in [-0.1, -0.05) is 0 Å². The van der Waals surface area contributed by atoms with Gasteiger partial charge in [0, 0.05) is 23.6 Å². The number of sulfonamides is 1. The van der Waals surface area contributed by atoms with E-state index in [1.807, 2.05) is 6.07 Å². The van der Waals surface area contributed by atoms with Crippen LogP contribution in [0, 0.1) is 13.8 Å². The molecule has 0 aliphatic heterocycles. The molecular weight excluding hydrogens is 352 g/mol. The first kappa shape index (κ1) is 17.8. The molecule has 0 spiro atoms. The minimum Gasteiger partial charge on any atom is -0.322 e. The SMILES string of the molecule is Cc1cc(S(N)(=O)=O)cc(NC(=O)c2ccc(-n3cccn3)cc2)c1C. The highest BCUT2D eigenvalue weighted by molar-refractivity contribution is 7.89. The summed E-state index contributed by atoms with van der Waals surface area (Å²) in [6.45, 7) is 3.57. The van der Waals surface area contributed by atoms with Crippen molar-refractivity contribution in [1.82, 2.24) is 9.78 Å². The molecule has 2 aromatic carbocycles. The maximum atomic E-state index is 12.5. The number of benzene rings is 2. The standard InChI is InChI=1S/C18H18N4O3S/c1-12-10-16(26(19,24)25)11-17(13(12)2)21-18(23)14-4-6-15(7-5-14)22-9-3-8-20-22/h3-11H,1-2H3,(H,21,23)(H2,19,24,25). The highest BCUT2D eigenvalue weighted by atomic mass is 32.2. The zero-order valence-corrected chi connectivity index (χ0v) is 15.1. The molecule has 3 rings (SSSR count). The topological polar surface area (TPSA) is 107 Å². The monoisotopic (exact) mass is 370 g/mol. The van der Waals surface area contributed by atoms with Gasteiger partial charge in [-0.3, -0.25) is 4.79 Å². The summed E-state index contributed by atoms with van der Waals surface area (Å²) in [5.41, 5.74) is 3.18. The molecule has 1 heterocycles. The molecule has 0 fully saturated rings. The largest absolute Gasteiger partial charge is 0.322 e. The third-order valence-electron chi connectivity index (χ3n) is 4.12. The summed E-state index contributed by atoms with van der Waals surface area (Å²) >= 11 is 0. The van der Waals surface area contributed by atoms with E-state index < -0.39 is 10.0 Å². The summed E-state index contributed by atoms with van der Waals surface area (Å²) in [4.78, 5) is 12.5. The number of nitrogens with one attached hydrogen (secondary N) is 1. The molecule has 1 aromatic heterocycles. The van der Waals surface area contributed by atoms with E-state index in [9.17, 15) is 13.2 Å². The van der Waals surface area contributed by atoms with Gasteiger partial charge in [0.1, 0.15) is 0 Å². The molecule has 0 aliphatic carbocycles. The second-order valence-corrected chi connectivity index (χ2v) is 7.47. The lowest BCUT2D eigenvalue weighted by molar-refractivity contribution is 0.102. The van der Waals surface area contributed by atoms with Crippen LogP contribution in [0.15, 0.2) is 59.8 Å². The Bertz CT molecular complexity index is 1060. The number of primary sulfonamides is 1. The van der Waals surface area contributed by atoms with E-state index in [1.54, 1.807) is 55.2 Å². The Labute approximate surface area is 151 Å². The first-order chi connectivity index (χ1) is 12.3. The molecule has 134 valence electrons. The van der Waals surface area contributed by atoms with Crippen molar-refractivity contribution in [2.24, 2.45) is 5.14 Å². The van der Waals surface area contributed by atoms with E-state index in [0.29, 0.717) is 11.3 Å². The molecule has 0 radical (unpaired) electrons. The number of nitrogens with two attached hydrogens (primary N) is 1. The van der Waals surface area contributed by atoms with Gasteiger partial charge in [-0.2, -0.15) is 5.10 Å². The first-order valence-corrected chi connectivity index (χ1v) is 9.36. The van der Waals surface area contributed by atoms with Crippen molar-refractivity contribution in [3.05, 3.63) is 71.5 Å². The Morgan fingerprint density at radius 3 is 2.42 bits per heavy atom. The highest BCUT2D eigenvalue weighted by Crippen LogP contribution is 2.24. The number of hydrogen-bond donors (Lipinski definition) is 2. The predicted molar refractivity (Wildman–Crippen MR) is 98.8 cm³/mol. The Balaban J connectivity index is 1.87. The Hall–Kier alpha value is -2.97. The lowest BCUT2D eigenvalue weighted by Crippen LogP contribution is -2.16. The molecule has 1 amide bonds. The van der Waals surface area contributed by atoms with E-state index in [4.69, 9.17) is 5.14 Å². The number of aryl methyl sites for hydroxylation is 1. The molecule has 3 N–H and O–H groups in total. The van der Waals surface area contributed by atoms with Gasteiger partial charge >= 0.3 is 0 Å². The number of carbonyl (C=O) groups excluding carboxylic acids is 1. The number of anilines is 1. The van der Waals surface area contributed by atoms with Gasteiger partial charge in [-0.15, -0.1) is 0 Å². The quantitative estimate of drug-likeness (QED) is 0.735. The van der Waals surface area contributed by atoms with Crippen LogP contribution in [-0.2, 0) is 10.0 Å². The summed E-state index contributed by atoms with van der Waals surface area (Å²) in [6.07, 6.45) is 3.48. The molecule has 0 atom stereocenters. The maximum Gasteiger partial charge on any atom is 0.255 e. The van der Waals surface area contributed by atoms with E-state index in [-0.39, 0.29) is 10.8 Å². The number of hydrogen-bond acceptors (Lipinski definition) is 4. The highest BCUT2D eigenvalue weighted by Gasteiger charge is 2.15. The fourth-order valence-corrected chi connectivity index (χ4v) is 3.13. The van der Waals surface area contributed by atoms with Crippen molar-refractivity contribution in [2.75, 3.05) is 5.32 Å². The van der Waals surface area contributed by atoms with Gasteiger partial charge in [0.05, 0.1) is 10.6 Å². The smallest absolute Gasteiger partial charge is 0.255 e. The van der Waals surface area contributed by atoms with Crippen molar-refractivity contribution in [3.8, 4) is 5.69 Å². The van der Waals surface area contributed by atoms with Gasteiger partial charge in [0.25, 0.3) is 5.91 Å². The van der Waals surface area contributed by atoms with Crippen molar-refractivity contribution in [3.63, 3.8) is 0 Å². The molecular formula is C18H18N4O3S. The van der Waals surface area contributed by atoms with Crippen LogP contribution in [0.3, 0.4) is 0 Å². The van der Waals surface area contributed by atoms with E-state index in [2.05, 4.69) is 10.4 Å². The number of rotatable bonds is 4. The Morgan fingerprint density at radius 2 is 1.85 bits per heavy atom. The van der Waals surface area contributed by atoms with Crippen molar-refractivity contribution in [2.45, 2.75) is 18.7 Å². The summed E-state index contributed by atoms with van der Waals surface area (Å²) in [6, 6.07) is 11.6. The number of aromatic nitrogens is 2. The zero-order chi connectivity index (χ0) is 18.9. The second-order valence-electron chi connectivity index (χ2n) is 5.91. The third-order valence-corrected chi connectivity index (χ3v) is 5.01. The molecule has 3 aromatic rings. The predicted octanol–water partition coefficient (Wildman–Crippen LogP) is 2.39. The molecule has 0 saturated heterocycles. The number of amides is 1. The Kier molecular flexibility index (Phi) is 4.62. The average molecular weight is 370 g/mol. The fourth-order valence-electron chi connectivity index (χ4n) is 2.50. The second kappa shape index (κ2) is 6.74. The van der Waals surface area contributed by atoms with Gasteiger partial charge < -0.3 is 5.32 Å². The van der Waals surface area contributed by atoms with Crippen LogP contribution in [0.1, 0.15) is 21.5 Å². The van der Waals surface area contributed by atoms with Crippen LogP contribution in [0.25, 0.3) is 5.69 Å². The number of nitrogens with zero attached hydrogens (tertiary/aromatic N) is 2. The molecule has 0 bridgehead atoms. The summed E-state index contributed by atoms with van der Waals surface area (Å²) in [5.74, 6) is -0.342. The minimum absolute atomic E-state index is 0.0371. The maximum absolute atomic E-state index is 12.5. The fraction of sp³-hybridized carbons (Fsp3) is 0.111. The van der Waals surface area contributed by atoms with E-state index in [0.717, 1.165) is 16.8 Å². The van der Waals surface area contributed by atoms with Crippen LogP contribution < -0.4 is 10.5 Å². The van der Waals surface area contributed by atoms with Crippen LogP contribution in [-0.4, -0.2) is 24.1 Å². The lowest BCUT2D eigenvalue weighted by Gasteiger charge is -2.13. The lowest BCUT2D eigenvalue weighted by atomic mass is 10.1. The third kappa shape index (κ3) is 3.66. The minimum atomic E-state index is -3.86. The van der Waals surface area contributed by atoms with Crippen LogP contribution in [0.5, 0.6) is 0 Å². The van der Waals surface area contributed by atoms with E-state index in [1.165, 1.54) is 12.1 Å². The van der Waals surface area contributed by atoms with Crippen LogP contribution in [0.2, 0.25) is 0 Å². The summed E-state index contributed by atoms with van der Waals surface area (Å²) < 4.78 is 24.9. The molecule has 8 heteroatoms. The van der Waals surface area contributed by atoms with Crippen molar-refractivity contribution < 1.29 is 13.2 Å². The van der Waals surface area contributed by atoms with Gasteiger partial charge in [0.2, 0.25) is 10.0 Å². The van der Waals surface area contributed by atoms with Crippen molar-refractivity contribution >= 4 is 21.6 Å². The summed E-state index contributed by atoms with van der Waals surface area (Å²) in [5, 5.41) is 12.1. The van der Waals surface area contributed by atoms with Crippen molar-refractivity contribution in [1.29, 1.82) is 0 Å².